The van der Waals surface area contributed by atoms with Crippen LogP contribution in [-0.4, -0.2) is 19.1 Å². The van der Waals surface area contributed by atoms with Crippen molar-refractivity contribution in [1.29, 1.82) is 0 Å². The highest BCUT2D eigenvalue weighted by atomic mass is 19.4. The van der Waals surface area contributed by atoms with E-state index in [1.165, 1.54) is 6.42 Å². The number of rotatable bonds is 2. The Morgan fingerprint density at radius 3 is 2.44 bits per heavy atom. The molecule has 3 atom stereocenters. The van der Waals surface area contributed by atoms with Gasteiger partial charge in [0.25, 0.3) is 0 Å². The Morgan fingerprint density at radius 1 is 1.22 bits per heavy atom. The number of nitrogens with two attached hydrogens (primary N) is 1. The predicted octanol–water partition coefficient (Wildman–Crippen LogP) is 2.49. The minimum atomic E-state index is -4.26. The number of anilines is 1. The minimum absolute atomic E-state index is 0.298. The first-order valence-electron chi connectivity index (χ1n) is 6.14. The summed E-state index contributed by atoms with van der Waals surface area (Å²) >= 11 is 0. The molecule has 0 radical (unpaired) electrons. The summed E-state index contributed by atoms with van der Waals surface area (Å²) in [7, 11) is 0. The molecule has 3 rings (SSSR count). The topological polar surface area (TPSA) is 29.3 Å². The Balaban J connectivity index is 1.81. The van der Waals surface area contributed by atoms with E-state index >= 15 is 0 Å². The van der Waals surface area contributed by atoms with Crippen LogP contribution in [0.5, 0.6) is 0 Å². The highest BCUT2D eigenvalue weighted by Crippen LogP contribution is 2.50. The summed E-state index contributed by atoms with van der Waals surface area (Å²) in [6, 6.07) is 5.69. The highest BCUT2D eigenvalue weighted by Gasteiger charge is 2.51. The zero-order chi connectivity index (χ0) is 12.9. The van der Waals surface area contributed by atoms with Gasteiger partial charge in [0.2, 0.25) is 0 Å². The van der Waals surface area contributed by atoms with Crippen molar-refractivity contribution in [1.82, 2.24) is 0 Å². The zero-order valence-corrected chi connectivity index (χ0v) is 9.82. The van der Waals surface area contributed by atoms with Gasteiger partial charge in [0.05, 0.1) is 5.56 Å². The van der Waals surface area contributed by atoms with E-state index in [2.05, 4.69) is 4.90 Å². The lowest BCUT2D eigenvalue weighted by Crippen LogP contribution is -2.38. The Kier molecular flexibility index (Phi) is 2.55. The van der Waals surface area contributed by atoms with Gasteiger partial charge in [-0.15, -0.1) is 0 Å². The molecular weight excluding hydrogens is 241 g/mol. The van der Waals surface area contributed by atoms with Crippen LogP contribution < -0.4 is 10.6 Å². The molecule has 1 aromatic carbocycles. The second kappa shape index (κ2) is 3.88. The van der Waals surface area contributed by atoms with Gasteiger partial charge in [0, 0.05) is 24.8 Å². The predicted molar refractivity (Wildman–Crippen MR) is 63.2 cm³/mol. The van der Waals surface area contributed by atoms with E-state index in [-0.39, 0.29) is 0 Å². The van der Waals surface area contributed by atoms with Crippen LogP contribution in [0.1, 0.15) is 12.0 Å². The lowest BCUT2D eigenvalue weighted by molar-refractivity contribution is -0.137. The molecule has 1 saturated carbocycles. The molecule has 2 aliphatic rings. The van der Waals surface area contributed by atoms with Crippen LogP contribution in [0.25, 0.3) is 0 Å². The van der Waals surface area contributed by atoms with Crippen molar-refractivity contribution in [2.75, 3.05) is 18.0 Å². The van der Waals surface area contributed by atoms with Gasteiger partial charge in [0.1, 0.15) is 0 Å². The van der Waals surface area contributed by atoms with E-state index in [1.54, 1.807) is 12.1 Å². The summed E-state index contributed by atoms with van der Waals surface area (Å²) in [4.78, 5) is 2.15. The first-order valence-corrected chi connectivity index (χ1v) is 6.14. The fourth-order valence-electron chi connectivity index (χ4n) is 3.01. The van der Waals surface area contributed by atoms with Gasteiger partial charge in [0.15, 0.2) is 0 Å². The maximum Gasteiger partial charge on any atom is 0.416 e. The van der Waals surface area contributed by atoms with Gasteiger partial charge < -0.3 is 10.6 Å². The van der Waals surface area contributed by atoms with Crippen LogP contribution in [0.15, 0.2) is 24.3 Å². The number of fused-ring (bicyclic) bond motifs is 1. The van der Waals surface area contributed by atoms with Crippen molar-refractivity contribution in [2.45, 2.75) is 18.6 Å². The van der Waals surface area contributed by atoms with Gasteiger partial charge in [-0.05, 0) is 42.5 Å². The molecule has 2 fully saturated rings. The Morgan fingerprint density at radius 2 is 1.89 bits per heavy atom. The lowest BCUT2D eigenvalue weighted by atomic mass is 10.1. The average Bonchev–Trinajstić information content (AvgIpc) is 3.00. The van der Waals surface area contributed by atoms with Crippen molar-refractivity contribution >= 4 is 5.69 Å². The number of piperidine rings is 1. The average molecular weight is 256 g/mol. The zero-order valence-electron chi connectivity index (χ0n) is 9.82. The number of nitrogens with zero attached hydrogens (tertiary/aromatic N) is 1. The Hall–Kier alpha value is -1.23. The maximum atomic E-state index is 12.5. The Labute approximate surface area is 104 Å². The molecule has 1 aliphatic heterocycles. The molecule has 0 bridgehead atoms. The van der Waals surface area contributed by atoms with Gasteiger partial charge in [-0.2, -0.15) is 13.2 Å². The van der Waals surface area contributed by atoms with Crippen LogP contribution in [0, 0.1) is 11.8 Å². The normalized spacial score (nSPS) is 30.4. The standard InChI is InChI=1S/C13H15F3N2/c14-13(15,16)9-1-3-10(4-2-9)18-7-8-5-11(8)12(18)6-17/h1-4,8,11-12H,5-7,17H2. The first-order chi connectivity index (χ1) is 8.50. The molecule has 2 nitrogen and oxygen atoms in total. The summed E-state index contributed by atoms with van der Waals surface area (Å²) in [5, 5.41) is 0. The minimum Gasteiger partial charge on any atom is -0.367 e. The molecule has 1 aliphatic carbocycles. The molecule has 3 unspecified atom stereocenters. The molecule has 0 spiro atoms. The van der Waals surface area contributed by atoms with Crippen LogP contribution >= 0.6 is 0 Å². The Bertz CT molecular complexity index is 441. The van der Waals surface area contributed by atoms with E-state index in [4.69, 9.17) is 5.73 Å². The summed E-state index contributed by atoms with van der Waals surface area (Å²) in [5.41, 5.74) is 6.01. The molecular formula is C13H15F3N2. The molecule has 2 N–H and O–H groups in total. The molecule has 0 aromatic heterocycles. The summed E-state index contributed by atoms with van der Waals surface area (Å²) in [5.74, 6) is 1.35. The van der Waals surface area contributed by atoms with Gasteiger partial charge in [-0.3, -0.25) is 0 Å². The smallest absolute Gasteiger partial charge is 0.367 e. The van der Waals surface area contributed by atoms with Gasteiger partial charge >= 0.3 is 6.18 Å². The summed E-state index contributed by atoms with van der Waals surface area (Å²) in [6.45, 7) is 1.50. The summed E-state index contributed by atoms with van der Waals surface area (Å²) < 4.78 is 37.4. The molecule has 18 heavy (non-hydrogen) atoms. The van der Waals surface area contributed by atoms with Crippen LogP contribution in [0.2, 0.25) is 0 Å². The molecule has 0 amide bonds. The van der Waals surface area contributed by atoms with Gasteiger partial charge in [-0.25, -0.2) is 0 Å². The number of hydrogen-bond acceptors (Lipinski definition) is 2. The quantitative estimate of drug-likeness (QED) is 0.880. The fraction of sp³-hybridized carbons (Fsp3) is 0.538. The molecule has 1 heterocycles. The van der Waals surface area contributed by atoms with Crippen molar-refractivity contribution < 1.29 is 13.2 Å². The van der Waals surface area contributed by atoms with Crippen molar-refractivity contribution in [3.63, 3.8) is 0 Å². The largest absolute Gasteiger partial charge is 0.416 e. The fourth-order valence-corrected chi connectivity index (χ4v) is 3.01. The van der Waals surface area contributed by atoms with E-state index in [0.29, 0.717) is 24.4 Å². The first kappa shape index (κ1) is 11.8. The van der Waals surface area contributed by atoms with E-state index in [9.17, 15) is 13.2 Å². The van der Waals surface area contributed by atoms with Crippen LogP contribution in [0.4, 0.5) is 18.9 Å². The van der Waals surface area contributed by atoms with Crippen molar-refractivity contribution in [3.8, 4) is 0 Å². The number of benzene rings is 1. The maximum absolute atomic E-state index is 12.5. The number of halogens is 3. The number of hydrogen-bond donors (Lipinski definition) is 1. The molecule has 1 aromatic rings. The SMILES string of the molecule is NCC1C2CC2CN1c1ccc(C(F)(F)F)cc1. The van der Waals surface area contributed by atoms with Crippen molar-refractivity contribution in [2.24, 2.45) is 17.6 Å². The van der Waals surface area contributed by atoms with Crippen LogP contribution in [-0.2, 0) is 6.18 Å². The third-order valence-electron chi connectivity index (χ3n) is 4.07. The van der Waals surface area contributed by atoms with E-state index in [0.717, 1.165) is 24.4 Å². The van der Waals surface area contributed by atoms with E-state index < -0.39 is 11.7 Å². The summed E-state index contributed by atoms with van der Waals surface area (Å²) in [6.07, 6.45) is -3.04. The lowest BCUT2D eigenvalue weighted by Gasteiger charge is -2.28. The third kappa shape index (κ3) is 1.86. The highest BCUT2D eigenvalue weighted by molar-refractivity contribution is 5.51. The van der Waals surface area contributed by atoms with Crippen LogP contribution in [0.3, 0.4) is 0 Å². The second-order valence-corrected chi connectivity index (χ2v) is 5.16. The second-order valence-electron chi connectivity index (χ2n) is 5.16. The van der Waals surface area contributed by atoms with Gasteiger partial charge in [-0.1, -0.05) is 0 Å². The van der Waals surface area contributed by atoms with Crippen molar-refractivity contribution in [3.05, 3.63) is 29.8 Å². The van der Waals surface area contributed by atoms with E-state index in [1.807, 2.05) is 0 Å². The number of alkyl halides is 3. The molecule has 1 saturated heterocycles. The monoisotopic (exact) mass is 256 g/mol. The molecule has 98 valence electrons. The molecule has 5 heteroatoms. The third-order valence-corrected chi connectivity index (χ3v) is 4.07.